The highest BCUT2D eigenvalue weighted by Gasteiger charge is 2.73. The van der Waals surface area contributed by atoms with Crippen molar-refractivity contribution < 1.29 is 19.4 Å². The van der Waals surface area contributed by atoms with E-state index in [4.69, 9.17) is 4.74 Å². The van der Waals surface area contributed by atoms with E-state index in [0.717, 1.165) is 32.1 Å². The zero-order valence-corrected chi connectivity index (χ0v) is 19.3. The van der Waals surface area contributed by atoms with Crippen molar-refractivity contribution in [1.29, 1.82) is 0 Å². The van der Waals surface area contributed by atoms with Gasteiger partial charge in [-0.3, -0.25) is 9.59 Å². The van der Waals surface area contributed by atoms with Crippen LogP contribution in [0, 0.1) is 45.3 Å². The van der Waals surface area contributed by atoms with Crippen LogP contribution in [-0.4, -0.2) is 29.6 Å². The minimum atomic E-state index is -0.415. The minimum Gasteiger partial charge on any atom is -0.461 e. The molecule has 5 aliphatic rings. The lowest BCUT2D eigenvalue weighted by molar-refractivity contribution is -0.231. The molecule has 1 N–H and O–H groups in total. The topological polar surface area (TPSA) is 63.6 Å². The molecule has 0 aromatic rings. The quantitative estimate of drug-likeness (QED) is 0.666. The van der Waals surface area contributed by atoms with Crippen molar-refractivity contribution in [3.63, 3.8) is 0 Å². The van der Waals surface area contributed by atoms with Crippen molar-refractivity contribution in [2.75, 3.05) is 6.61 Å². The smallest absolute Gasteiger partial charge is 0.314 e. The Morgan fingerprint density at radius 3 is 2.53 bits per heavy atom. The van der Waals surface area contributed by atoms with Gasteiger partial charge in [0.25, 0.3) is 0 Å². The summed E-state index contributed by atoms with van der Waals surface area (Å²) in [5.41, 5.74) is 0.583. The second kappa shape index (κ2) is 6.21. The molecule has 4 aliphatic carbocycles. The number of ketones is 1. The zero-order chi connectivity index (χ0) is 21.7. The number of rotatable bonds is 2. The van der Waals surface area contributed by atoms with Gasteiger partial charge >= 0.3 is 5.97 Å². The number of Topliss-reactive ketones (excluding diaryl/α,β-unsaturated/α-hetero) is 1. The summed E-state index contributed by atoms with van der Waals surface area (Å²) in [5, 5.41) is 10.9. The first-order valence-electron chi connectivity index (χ1n) is 12.0. The van der Waals surface area contributed by atoms with Crippen molar-refractivity contribution in [1.82, 2.24) is 0 Å². The Bertz CT molecular complexity index is 827. The van der Waals surface area contributed by atoms with Crippen molar-refractivity contribution in [2.45, 2.75) is 85.7 Å². The van der Waals surface area contributed by atoms with E-state index in [1.165, 1.54) is 12.8 Å². The lowest BCUT2D eigenvalue weighted by Crippen LogP contribution is -2.66. The Labute approximate surface area is 180 Å². The van der Waals surface area contributed by atoms with Crippen molar-refractivity contribution in [3.05, 3.63) is 11.6 Å². The molecule has 0 aromatic carbocycles. The van der Waals surface area contributed by atoms with Gasteiger partial charge in [0.15, 0.2) is 5.78 Å². The first kappa shape index (κ1) is 20.7. The van der Waals surface area contributed by atoms with Crippen LogP contribution in [0.2, 0.25) is 0 Å². The minimum absolute atomic E-state index is 0.00844. The van der Waals surface area contributed by atoms with Crippen LogP contribution in [0.1, 0.15) is 79.6 Å². The average Bonchev–Trinajstić information content (AvgIpc) is 2.93. The van der Waals surface area contributed by atoms with Crippen LogP contribution in [0.25, 0.3) is 0 Å². The Morgan fingerprint density at radius 1 is 1.13 bits per heavy atom. The second-order valence-electron chi connectivity index (χ2n) is 12.3. The fourth-order valence-electron chi connectivity index (χ4n) is 9.72. The van der Waals surface area contributed by atoms with Gasteiger partial charge in [-0.05, 0) is 74.0 Å². The largest absolute Gasteiger partial charge is 0.461 e. The lowest BCUT2D eigenvalue weighted by atomic mass is 9.35. The first-order chi connectivity index (χ1) is 14.0. The number of aliphatic hydroxyl groups is 1. The molecule has 1 heterocycles. The van der Waals surface area contributed by atoms with Gasteiger partial charge in [-0.1, -0.05) is 40.2 Å². The van der Waals surface area contributed by atoms with Crippen LogP contribution in [-0.2, 0) is 14.3 Å². The van der Waals surface area contributed by atoms with Crippen LogP contribution in [0.5, 0.6) is 0 Å². The average molecular weight is 415 g/mol. The number of esters is 1. The highest BCUT2D eigenvalue weighted by Crippen LogP contribution is 2.74. The van der Waals surface area contributed by atoms with Crippen LogP contribution in [0.4, 0.5) is 0 Å². The third-order valence-corrected chi connectivity index (χ3v) is 11.0. The highest BCUT2D eigenvalue weighted by atomic mass is 16.6. The van der Waals surface area contributed by atoms with Gasteiger partial charge in [-0.15, -0.1) is 0 Å². The molecule has 1 aliphatic heterocycles. The third kappa shape index (κ3) is 2.27. The van der Waals surface area contributed by atoms with E-state index in [0.29, 0.717) is 23.3 Å². The van der Waals surface area contributed by atoms with E-state index in [2.05, 4.69) is 33.8 Å². The van der Waals surface area contributed by atoms with E-state index < -0.39 is 5.92 Å². The molecule has 0 radical (unpaired) electrons. The summed E-state index contributed by atoms with van der Waals surface area (Å²) in [4.78, 5) is 25.4. The van der Waals surface area contributed by atoms with Crippen molar-refractivity contribution >= 4 is 11.8 Å². The number of hydrogen-bond donors (Lipinski definition) is 1. The fraction of sp³-hybridized carbons (Fsp3) is 0.846. The van der Waals surface area contributed by atoms with Gasteiger partial charge in [0.2, 0.25) is 0 Å². The van der Waals surface area contributed by atoms with Crippen LogP contribution in [0.15, 0.2) is 11.6 Å². The molecule has 1 saturated heterocycles. The number of ether oxygens (including phenoxy) is 1. The molecule has 4 fully saturated rings. The summed E-state index contributed by atoms with van der Waals surface area (Å²) in [6.45, 7) is 11.3. The molecule has 4 nitrogen and oxygen atoms in total. The Hall–Kier alpha value is -1.16. The number of carbonyl (C=O) groups is 2. The Kier molecular flexibility index (Phi) is 4.29. The van der Waals surface area contributed by atoms with Gasteiger partial charge in [-0.2, -0.15) is 0 Å². The van der Waals surface area contributed by atoms with Gasteiger partial charge in [0.05, 0.1) is 5.92 Å². The number of hydrogen-bond acceptors (Lipinski definition) is 4. The maximum Gasteiger partial charge on any atom is 0.314 e. The summed E-state index contributed by atoms with van der Waals surface area (Å²) in [7, 11) is 0. The van der Waals surface area contributed by atoms with Crippen molar-refractivity contribution in [3.8, 4) is 0 Å². The van der Waals surface area contributed by atoms with E-state index in [9.17, 15) is 14.7 Å². The molecule has 4 heteroatoms. The predicted molar refractivity (Wildman–Crippen MR) is 114 cm³/mol. The van der Waals surface area contributed by atoms with Crippen LogP contribution in [0.3, 0.4) is 0 Å². The standard InChI is InChI=1S/C26H38O4/c1-15(28)16-7-8-18-24(4)12-9-17-23(2,3)10-6-11-26(17,14-27)19(24)13-20-25(18,5)21(16)22(29)30-20/h7,17-21,27H,6,8-14H2,1-5H3/t17?,18?,19?,20-,21-,24+,25-,26-/m1/s1. The summed E-state index contributed by atoms with van der Waals surface area (Å²) in [5.74, 6) is 0.578. The molecule has 8 atom stereocenters. The van der Waals surface area contributed by atoms with Gasteiger partial charge in [0, 0.05) is 23.0 Å². The molecule has 166 valence electrons. The van der Waals surface area contributed by atoms with Crippen LogP contribution >= 0.6 is 0 Å². The number of allylic oxidation sites excluding steroid dienone is 1. The fourth-order valence-corrected chi connectivity index (χ4v) is 9.72. The lowest BCUT2D eigenvalue weighted by Gasteiger charge is -2.69. The van der Waals surface area contributed by atoms with Gasteiger partial charge in [0.1, 0.15) is 6.10 Å². The molecule has 3 unspecified atom stereocenters. The van der Waals surface area contributed by atoms with E-state index in [1.54, 1.807) is 6.92 Å². The highest BCUT2D eigenvalue weighted by molar-refractivity contribution is 6.00. The maximum absolute atomic E-state index is 13.1. The molecule has 3 saturated carbocycles. The summed E-state index contributed by atoms with van der Waals surface area (Å²) in [6.07, 6.45) is 9.37. The van der Waals surface area contributed by atoms with E-state index in [1.807, 2.05) is 0 Å². The SMILES string of the molecule is CC(=O)C1=CCC2[C@]3(C)CCC4C(C)(C)CCC[C@]4(CO)C3C[C@H]3OC(=O)[C@@H]1[C@]23C. The summed E-state index contributed by atoms with van der Waals surface area (Å²) < 4.78 is 6.06. The molecule has 0 spiro atoms. The summed E-state index contributed by atoms with van der Waals surface area (Å²) in [6, 6.07) is 0. The first-order valence-corrected chi connectivity index (χ1v) is 12.0. The normalized spacial score (nSPS) is 51.2. The Morgan fingerprint density at radius 2 is 1.87 bits per heavy atom. The van der Waals surface area contributed by atoms with Crippen molar-refractivity contribution in [2.24, 2.45) is 45.3 Å². The summed E-state index contributed by atoms with van der Waals surface area (Å²) >= 11 is 0. The van der Waals surface area contributed by atoms with Gasteiger partial charge < -0.3 is 9.84 Å². The monoisotopic (exact) mass is 414 g/mol. The molecule has 0 aromatic heterocycles. The van der Waals surface area contributed by atoms with Gasteiger partial charge in [-0.25, -0.2) is 0 Å². The van der Waals surface area contributed by atoms with E-state index in [-0.39, 0.29) is 46.1 Å². The zero-order valence-electron chi connectivity index (χ0n) is 19.3. The molecule has 5 rings (SSSR count). The molecular formula is C26H38O4. The second-order valence-corrected chi connectivity index (χ2v) is 12.3. The number of aliphatic hydroxyl groups excluding tert-OH is 1. The maximum atomic E-state index is 13.1. The molecule has 30 heavy (non-hydrogen) atoms. The number of carbonyl (C=O) groups excluding carboxylic acids is 2. The van der Waals surface area contributed by atoms with Crippen LogP contribution < -0.4 is 0 Å². The Balaban J connectivity index is 1.64. The van der Waals surface area contributed by atoms with E-state index >= 15 is 0 Å². The predicted octanol–water partition coefficient (Wildman–Crippen LogP) is 4.69. The third-order valence-electron chi connectivity index (χ3n) is 11.0. The molecule has 0 bridgehead atoms. The number of fused-ring (bicyclic) bond motifs is 4. The molecule has 0 amide bonds. The molecular weight excluding hydrogens is 376 g/mol.